The molecule has 4 atom stereocenters. The number of phosphoric acid groups is 1. The number of aliphatic hydroxyl groups excluding tert-OH is 1. The summed E-state index contributed by atoms with van der Waals surface area (Å²) in [6.07, 6.45) is 3.60. The van der Waals surface area contributed by atoms with Crippen molar-refractivity contribution in [3.05, 3.63) is 41.9 Å². The number of aromatic nitrogens is 4. The molecule has 0 amide bonds. The monoisotopic (exact) mass is 439 g/mol. The molecule has 3 aromatic rings. The molecule has 154 valence electrons. The highest BCUT2D eigenvalue weighted by Crippen LogP contribution is 2.50. The van der Waals surface area contributed by atoms with Gasteiger partial charge in [-0.3, -0.25) is 9.42 Å². The highest BCUT2D eigenvalue weighted by Gasteiger charge is 2.44. The van der Waals surface area contributed by atoms with Crippen LogP contribution in [0.2, 0.25) is 5.02 Å². The first-order valence-corrected chi connectivity index (χ1v) is 10.7. The number of anilines is 1. The van der Waals surface area contributed by atoms with E-state index in [-0.39, 0.29) is 42.7 Å². The fourth-order valence-corrected chi connectivity index (χ4v) is 4.43. The first-order chi connectivity index (χ1) is 13.9. The number of fused-ring (bicyclic) bond motifs is 1. The van der Waals surface area contributed by atoms with Crippen molar-refractivity contribution in [1.29, 1.82) is 0 Å². The predicted octanol–water partition coefficient (Wildman–Crippen LogP) is 2.43. The van der Waals surface area contributed by atoms with Gasteiger partial charge in [-0.25, -0.2) is 19.5 Å². The maximum atomic E-state index is 12.3. The van der Waals surface area contributed by atoms with Gasteiger partial charge in [0, 0.05) is 23.6 Å². The number of nitrogen functional groups attached to an aromatic ring is 1. The summed E-state index contributed by atoms with van der Waals surface area (Å²) in [5, 5.41) is 10.1. The van der Waals surface area contributed by atoms with Crippen molar-refractivity contribution in [2.24, 2.45) is 11.8 Å². The second kappa shape index (κ2) is 7.89. The minimum Gasteiger partial charge on any atom is -0.404 e. The third-order valence-electron chi connectivity index (χ3n) is 5.09. The van der Waals surface area contributed by atoms with Crippen LogP contribution in [0, 0.1) is 11.8 Å². The first-order valence-electron chi connectivity index (χ1n) is 8.84. The molecule has 1 aliphatic carbocycles. The molecule has 4 unspecified atom stereocenters. The van der Waals surface area contributed by atoms with Crippen LogP contribution >= 0.6 is 19.4 Å². The Morgan fingerprint density at radius 3 is 2.76 bits per heavy atom. The molecule has 0 bridgehead atoms. The zero-order chi connectivity index (χ0) is 20.6. The van der Waals surface area contributed by atoms with Crippen LogP contribution in [0.3, 0.4) is 0 Å². The Bertz CT molecular complexity index is 1060. The molecule has 4 N–H and O–H groups in total. The summed E-state index contributed by atoms with van der Waals surface area (Å²) in [6, 6.07) is 5.90. The number of nitrogens with zero attached hydrogens (tertiary/aromatic N) is 4. The molecule has 12 heteroatoms. The topological polar surface area (TPSA) is 146 Å². The highest BCUT2D eigenvalue weighted by molar-refractivity contribution is 7.47. The molecule has 2 heterocycles. The largest absolute Gasteiger partial charge is 0.527 e. The number of aliphatic hydroxyl groups is 1. The summed E-state index contributed by atoms with van der Waals surface area (Å²) in [4.78, 5) is 22.4. The number of imidazole rings is 1. The molecule has 0 aliphatic heterocycles. The van der Waals surface area contributed by atoms with Gasteiger partial charge in [-0.2, -0.15) is 0 Å². The van der Waals surface area contributed by atoms with Crippen LogP contribution in [0.15, 0.2) is 36.9 Å². The van der Waals surface area contributed by atoms with Gasteiger partial charge >= 0.3 is 7.82 Å². The SMILES string of the molecule is Nc1ncnc2c1ncn2C1CC(CO)C1COP(=O)(O)Oc1ccc(Cl)cc1. The summed E-state index contributed by atoms with van der Waals surface area (Å²) >= 11 is 5.79. The van der Waals surface area contributed by atoms with Crippen molar-refractivity contribution in [3.63, 3.8) is 0 Å². The van der Waals surface area contributed by atoms with Crippen LogP contribution in [0.1, 0.15) is 12.5 Å². The smallest absolute Gasteiger partial charge is 0.404 e. The minimum absolute atomic E-state index is 0.0674. The average molecular weight is 440 g/mol. The van der Waals surface area contributed by atoms with Gasteiger partial charge in [0.15, 0.2) is 11.5 Å². The fraction of sp³-hybridized carbons (Fsp3) is 0.353. The molecule has 1 aromatic carbocycles. The van der Waals surface area contributed by atoms with E-state index in [1.165, 1.54) is 18.5 Å². The maximum Gasteiger partial charge on any atom is 0.527 e. The summed E-state index contributed by atoms with van der Waals surface area (Å²) in [5.41, 5.74) is 6.88. The van der Waals surface area contributed by atoms with Crippen molar-refractivity contribution in [2.45, 2.75) is 12.5 Å². The molecular formula is C17H19ClN5O5P. The molecule has 29 heavy (non-hydrogen) atoms. The lowest BCUT2D eigenvalue weighted by Gasteiger charge is -2.44. The van der Waals surface area contributed by atoms with Crippen LogP contribution in [0.5, 0.6) is 5.75 Å². The standard InChI is InChI=1S/C17H19ClN5O5P/c18-11-1-3-12(4-2-11)28-29(25,26)27-7-13-10(6-24)5-14(13)23-9-22-15-16(19)20-8-21-17(15)23/h1-4,8-10,13-14,24H,5-7H2,(H,25,26)(H2,19,20,21). The second-order valence-corrected chi connectivity index (χ2v) is 8.62. The molecule has 0 saturated heterocycles. The van der Waals surface area contributed by atoms with E-state index in [2.05, 4.69) is 15.0 Å². The second-order valence-electron chi connectivity index (χ2n) is 6.80. The van der Waals surface area contributed by atoms with Gasteiger partial charge in [-0.05, 0) is 36.6 Å². The van der Waals surface area contributed by atoms with E-state index in [9.17, 15) is 14.6 Å². The van der Waals surface area contributed by atoms with Crippen molar-refractivity contribution in [1.82, 2.24) is 19.5 Å². The van der Waals surface area contributed by atoms with E-state index in [0.29, 0.717) is 22.6 Å². The number of phosphoric ester groups is 1. The molecule has 2 aromatic heterocycles. The number of hydrogen-bond donors (Lipinski definition) is 3. The van der Waals surface area contributed by atoms with Crippen molar-refractivity contribution in [3.8, 4) is 5.75 Å². The minimum atomic E-state index is -4.35. The lowest BCUT2D eigenvalue weighted by atomic mass is 9.70. The van der Waals surface area contributed by atoms with Gasteiger partial charge in [0.25, 0.3) is 0 Å². The Morgan fingerprint density at radius 1 is 1.28 bits per heavy atom. The van der Waals surface area contributed by atoms with Gasteiger partial charge in [0.1, 0.15) is 17.6 Å². The maximum absolute atomic E-state index is 12.3. The normalized spacial score (nSPS) is 23.5. The lowest BCUT2D eigenvalue weighted by Crippen LogP contribution is -2.43. The number of halogens is 1. The zero-order valence-corrected chi connectivity index (χ0v) is 16.8. The van der Waals surface area contributed by atoms with Gasteiger partial charge in [-0.15, -0.1) is 0 Å². The Morgan fingerprint density at radius 2 is 2.03 bits per heavy atom. The molecule has 1 fully saturated rings. The molecule has 1 saturated carbocycles. The van der Waals surface area contributed by atoms with E-state index in [4.69, 9.17) is 26.4 Å². The number of nitrogens with two attached hydrogens (primary N) is 1. The van der Waals surface area contributed by atoms with Gasteiger partial charge in [0.2, 0.25) is 0 Å². The molecule has 1 aliphatic rings. The zero-order valence-electron chi connectivity index (χ0n) is 15.1. The predicted molar refractivity (Wildman–Crippen MR) is 105 cm³/mol. The Labute approximate surface area is 170 Å². The van der Waals surface area contributed by atoms with Crippen LogP contribution in [0.25, 0.3) is 11.2 Å². The van der Waals surface area contributed by atoms with Crippen molar-refractivity contribution in [2.75, 3.05) is 18.9 Å². The van der Waals surface area contributed by atoms with Gasteiger partial charge in [-0.1, -0.05) is 11.6 Å². The quantitative estimate of drug-likeness (QED) is 0.472. The number of hydrogen-bond acceptors (Lipinski definition) is 8. The van der Waals surface area contributed by atoms with Gasteiger partial charge < -0.3 is 19.9 Å². The van der Waals surface area contributed by atoms with Crippen molar-refractivity contribution >= 4 is 36.4 Å². The van der Waals surface area contributed by atoms with Crippen LogP contribution in [-0.4, -0.2) is 42.7 Å². The van der Waals surface area contributed by atoms with E-state index in [1.807, 2.05) is 4.57 Å². The van der Waals surface area contributed by atoms with Crippen LogP contribution in [-0.2, 0) is 9.09 Å². The average Bonchev–Trinajstić information content (AvgIpc) is 3.08. The Balaban J connectivity index is 1.47. The molecule has 0 spiro atoms. The lowest BCUT2D eigenvalue weighted by molar-refractivity contribution is -0.00476. The van der Waals surface area contributed by atoms with E-state index in [0.717, 1.165) is 0 Å². The molecule has 4 rings (SSSR count). The first kappa shape index (κ1) is 20.1. The molecule has 0 radical (unpaired) electrons. The molecule has 10 nitrogen and oxygen atoms in total. The Hall–Kier alpha value is -2.23. The summed E-state index contributed by atoms with van der Waals surface area (Å²) in [5.74, 6) is 0.114. The Kier molecular flexibility index (Phi) is 5.46. The highest BCUT2D eigenvalue weighted by atomic mass is 35.5. The molecular weight excluding hydrogens is 421 g/mol. The van der Waals surface area contributed by atoms with E-state index < -0.39 is 7.82 Å². The summed E-state index contributed by atoms with van der Waals surface area (Å²) in [7, 11) is -4.35. The van der Waals surface area contributed by atoms with Gasteiger partial charge in [0.05, 0.1) is 12.9 Å². The van der Waals surface area contributed by atoms with E-state index in [1.54, 1.807) is 18.5 Å². The van der Waals surface area contributed by atoms with Crippen molar-refractivity contribution < 1.29 is 23.6 Å². The van der Waals surface area contributed by atoms with Crippen LogP contribution in [0.4, 0.5) is 5.82 Å². The summed E-state index contributed by atoms with van der Waals surface area (Å²) < 4.78 is 24.4. The number of rotatable bonds is 7. The fourth-order valence-electron chi connectivity index (χ4n) is 3.50. The van der Waals surface area contributed by atoms with E-state index >= 15 is 0 Å². The third-order valence-corrected chi connectivity index (χ3v) is 6.26. The van der Waals surface area contributed by atoms with Crippen LogP contribution < -0.4 is 10.3 Å². The summed E-state index contributed by atoms with van der Waals surface area (Å²) in [6.45, 7) is -0.153. The third kappa shape index (κ3) is 4.08. The number of benzene rings is 1.